The first-order chi connectivity index (χ1) is 17.2. The lowest BCUT2D eigenvalue weighted by molar-refractivity contribution is -0.133. The van der Waals surface area contributed by atoms with Gasteiger partial charge in [-0.1, -0.05) is 12.1 Å². The summed E-state index contributed by atoms with van der Waals surface area (Å²) in [6, 6.07) is 3.90. The Bertz CT molecular complexity index is 1130. The van der Waals surface area contributed by atoms with E-state index in [9.17, 15) is 14.0 Å². The van der Waals surface area contributed by atoms with Gasteiger partial charge in [0.05, 0.1) is 12.2 Å². The maximum absolute atomic E-state index is 14.0. The first-order valence-electron chi connectivity index (χ1n) is 13.3. The third-order valence-corrected chi connectivity index (χ3v) is 7.98. The van der Waals surface area contributed by atoms with Gasteiger partial charge in [-0.3, -0.25) is 14.3 Å². The van der Waals surface area contributed by atoms with Gasteiger partial charge in [0.25, 0.3) is 5.91 Å². The molecule has 194 valence electrons. The van der Waals surface area contributed by atoms with E-state index in [0.717, 1.165) is 43.4 Å². The Kier molecular flexibility index (Phi) is 6.90. The SMILES string of the molecule is Cc1cc(C2CCN(C(=O)Cn3nc(C(=O)N4C[C@@H](C)O[C@@H](C)C4)c4c3CCC4)CC2)cc(C)c1F. The average molecular weight is 497 g/mol. The van der Waals surface area contributed by atoms with Crippen molar-refractivity contribution >= 4 is 11.8 Å². The molecule has 1 aromatic carbocycles. The Morgan fingerprint density at radius 1 is 1.03 bits per heavy atom. The van der Waals surface area contributed by atoms with Crippen molar-refractivity contribution < 1.29 is 18.7 Å². The maximum atomic E-state index is 14.0. The van der Waals surface area contributed by atoms with E-state index in [-0.39, 0.29) is 36.4 Å². The number of hydrogen-bond acceptors (Lipinski definition) is 4. The topological polar surface area (TPSA) is 67.7 Å². The van der Waals surface area contributed by atoms with Gasteiger partial charge in [0.15, 0.2) is 5.69 Å². The number of carbonyl (C=O) groups is 2. The molecule has 0 spiro atoms. The van der Waals surface area contributed by atoms with Crippen LogP contribution in [-0.4, -0.2) is 69.8 Å². The predicted octanol–water partition coefficient (Wildman–Crippen LogP) is 3.78. The zero-order chi connectivity index (χ0) is 25.6. The summed E-state index contributed by atoms with van der Waals surface area (Å²) in [5.74, 6) is 0.203. The number of aryl methyl sites for hydroxylation is 2. The summed E-state index contributed by atoms with van der Waals surface area (Å²) >= 11 is 0. The molecule has 2 aromatic rings. The Balaban J connectivity index is 1.25. The minimum atomic E-state index is -0.131. The highest BCUT2D eigenvalue weighted by atomic mass is 19.1. The first-order valence-corrected chi connectivity index (χ1v) is 13.3. The zero-order valence-corrected chi connectivity index (χ0v) is 21.8. The third-order valence-electron chi connectivity index (χ3n) is 7.98. The number of rotatable bonds is 4. The summed E-state index contributed by atoms with van der Waals surface area (Å²) in [6.45, 7) is 10.2. The molecule has 0 N–H and O–H groups in total. The second-order valence-electron chi connectivity index (χ2n) is 10.9. The average Bonchev–Trinajstić information content (AvgIpc) is 3.45. The molecule has 2 aliphatic heterocycles. The molecule has 0 radical (unpaired) electrons. The van der Waals surface area contributed by atoms with Gasteiger partial charge in [0, 0.05) is 37.4 Å². The van der Waals surface area contributed by atoms with Crippen LogP contribution in [0, 0.1) is 19.7 Å². The van der Waals surface area contributed by atoms with Gasteiger partial charge in [-0.2, -0.15) is 5.10 Å². The van der Waals surface area contributed by atoms with Crippen LogP contribution in [0.2, 0.25) is 0 Å². The van der Waals surface area contributed by atoms with Gasteiger partial charge in [0.2, 0.25) is 5.91 Å². The fourth-order valence-electron chi connectivity index (χ4n) is 6.21. The van der Waals surface area contributed by atoms with Gasteiger partial charge in [0.1, 0.15) is 12.4 Å². The van der Waals surface area contributed by atoms with Crippen molar-refractivity contribution in [2.24, 2.45) is 0 Å². The van der Waals surface area contributed by atoms with E-state index < -0.39 is 0 Å². The van der Waals surface area contributed by atoms with Crippen molar-refractivity contribution in [1.29, 1.82) is 0 Å². The molecule has 3 aliphatic rings. The highest BCUT2D eigenvalue weighted by Gasteiger charge is 2.33. The molecular formula is C28H37FN4O3. The Morgan fingerprint density at radius 3 is 2.31 bits per heavy atom. The van der Waals surface area contributed by atoms with E-state index in [1.807, 2.05) is 49.6 Å². The lowest BCUT2D eigenvalue weighted by atomic mass is 9.87. The van der Waals surface area contributed by atoms with E-state index in [0.29, 0.717) is 48.9 Å². The molecule has 0 saturated carbocycles. The lowest BCUT2D eigenvalue weighted by Crippen LogP contribution is -2.48. The van der Waals surface area contributed by atoms with Crippen molar-refractivity contribution in [3.05, 3.63) is 51.6 Å². The molecule has 0 unspecified atom stereocenters. The third kappa shape index (κ3) is 4.80. The maximum Gasteiger partial charge on any atom is 0.274 e. The second kappa shape index (κ2) is 9.96. The van der Waals surface area contributed by atoms with Crippen molar-refractivity contribution in [2.45, 2.75) is 84.5 Å². The highest BCUT2D eigenvalue weighted by Crippen LogP contribution is 2.31. The van der Waals surface area contributed by atoms with Crippen molar-refractivity contribution in [2.75, 3.05) is 26.2 Å². The van der Waals surface area contributed by atoms with Crippen LogP contribution < -0.4 is 0 Å². The smallest absolute Gasteiger partial charge is 0.274 e. The van der Waals surface area contributed by atoms with Crippen molar-refractivity contribution in [1.82, 2.24) is 19.6 Å². The fraction of sp³-hybridized carbons (Fsp3) is 0.607. The normalized spacial score (nSPS) is 22.7. The van der Waals surface area contributed by atoms with Crippen molar-refractivity contribution in [3.63, 3.8) is 0 Å². The number of likely N-dealkylation sites (tertiary alicyclic amines) is 1. The van der Waals surface area contributed by atoms with Gasteiger partial charge in [-0.15, -0.1) is 0 Å². The summed E-state index contributed by atoms with van der Waals surface area (Å²) in [7, 11) is 0. The Labute approximate surface area is 212 Å². The van der Waals surface area contributed by atoms with Crippen LogP contribution >= 0.6 is 0 Å². The van der Waals surface area contributed by atoms with Crippen LogP contribution in [0.1, 0.15) is 77.5 Å². The van der Waals surface area contributed by atoms with E-state index in [2.05, 4.69) is 5.10 Å². The number of halogens is 1. The summed E-state index contributed by atoms with van der Waals surface area (Å²) in [4.78, 5) is 30.4. The zero-order valence-electron chi connectivity index (χ0n) is 21.8. The number of carbonyl (C=O) groups excluding carboxylic acids is 2. The lowest BCUT2D eigenvalue weighted by Gasteiger charge is -2.35. The number of ether oxygens (including phenoxy) is 1. The van der Waals surface area contributed by atoms with Crippen LogP contribution in [0.3, 0.4) is 0 Å². The van der Waals surface area contributed by atoms with Crippen LogP contribution in [-0.2, 0) is 28.9 Å². The minimum Gasteiger partial charge on any atom is -0.372 e. The van der Waals surface area contributed by atoms with Crippen LogP contribution in [0.4, 0.5) is 4.39 Å². The summed E-state index contributed by atoms with van der Waals surface area (Å²) in [6.07, 6.45) is 4.40. The van der Waals surface area contributed by atoms with Crippen LogP contribution in [0.25, 0.3) is 0 Å². The molecule has 8 heteroatoms. The predicted molar refractivity (Wildman–Crippen MR) is 135 cm³/mol. The number of fused-ring (bicyclic) bond motifs is 1. The van der Waals surface area contributed by atoms with Crippen LogP contribution in [0.5, 0.6) is 0 Å². The fourth-order valence-corrected chi connectivity index (χ4v) is 6.21. The molecule has 0 bridgehead atoms. The van der Waals surface area contributed by atoms with Crippen LogP contribution in [0.15, 0.2) is 12.1 Å². The number of piperidine rings is 1. The van der Waals surface area contributed by atoms with E-state index in [1.54, 1.807) is 4.68 Å². The molecule has 2 saturated heterocycles. The first kappa shape index (κ1) is 24.9. The van der Waals surface area contributed by atoms with Gasteiger partial charge in [-0.05, 0) is 82.4 Å². The number of benzene rings is 1. The standard InChI is InChI=1S/C28H37FN4O3/c1-17-12-22(13-18(2)26(17)29)21-8-10-31(11-9-21)25(34)16-33-24-7-5-6-23(24)27(30-33)28(35)32-14-19(3)36-20(4)15-32/h12-13,19-21H,5-11,14-16H2,1-4H3/t19-,20+. The monoisotopic (exact) mass is 496 g/mol. The molecule has 3 heterocycles. The summed E-state index contributed by atoms with van der Waals surface area (Å²) in [5, 5.41) is 4.68. The number of hydrogen-bond donors (Lipinski definition) is 0. The second-order valence-corrected chi connectivity index (χ2v) is 10.9. The molecule has 1 aliphatic carbocycles. The van der Waals surface area contributed by atoms with Gasteiger partial charge >= 0.3 is 0 Å². The van der Waals surface area contributed by atoms with Gasteiger partial charge < -0.3 is 14.5 Å². The van der Waals surface area contributed by atoms with Crippen molar-refractivity contribution in [3.8, 4) is 0 Å². The van der Waals surface area contributed by atoms with E-state index >= 15 is 0 Å². The molecule has 36 heavy (non-hydrogen) atoms. The number of amides is 2. The number of nitrogens with zero attached hydrogens (tertiary/aromatic N) is 4. The Morgan fingerprint density at radius 2 is 1.67 bits per heavy atom. The number of aromatic nitrogens is 2. The molecule has 2 amide bonds. The largest absolute Gasteiger partial charge is 0.372 e. The Hall–Kier alpha value is -2.74. The molecular weight excluding hydrogens is 459 g/mol. The van der Waals surface area contributed by atoms with E-state index in [1.165, 1.54) is 5.56 Å². The van der Waals surface area contributed by atoms with Gasteiger partial charge in [-0.25, -0.2) is 4.39 Å². The molecule has 2 atom stereocenters. The van der Waals surface area contributed by atoms with E-state index in [4.69, 9.17) is 4.74 Å². The minimum absolute atomic E-state index is 0.0000729. The summed E-state index contributed by atoms with van der Waals surface area (Å²) in [5.41, 5.74) is 5.09. The molecule has 5 rings (SSSR count). The highest BCUT2D eigenvalue weighted by molar-refractivity contribution is 5.94. The molecule has 2 fully saturated rings. The molecule has 7 nitrogen and oxygen atoms in total. The number of morpholine rings is 1. The quantitative estimate of drug-likeness (QED) is 0.646. The summed E-state index contributed by atoms with van der Waals surface area (Å²) < 4.78 is 21.6. The molecule has 1 aromatic heterocycles.